The average molecular weight is 240 g/mol. The summed E-state index contributed by atoms with van der Waals surface area (Å²) in [4.78, 5) is 4.61. The predicted molar refractivity (Wildman–Crippen MR) is 75.8 cm³/mol. The Hall–Kier alpha value is -1.41. The van der Waals surface area contributed by atoms with Gasteiger partial charge in [-0.2, -0.15) is 0 Å². The molecule has 2 aromatic rings. The van der Waals surface area contributed by atoms with Crippen LogP contribution in [0.5, 0.6) is 0 Å². The van der Waals surface area contributed by atoms with Crippen molar-refractivity contribution in [1.82, 2.24) is 10.3 Å². The smallest absolute Gasteiger partial charge is 0.0707 e. The molecule has 1 aromatic carbocycles. The topological polar surface area (TPSA) is 24.9 Å². The average Bonchev–Trinajstić information content (AvgIpc) is 3.19. The molecule has 0 radical (unpaired) electrons. The quantitative estimate of drug-likeness (QED) is 0.888. The Morgan fingerprint density at radius 2 is 2.11 bits per heavy atom. The summed E-state index contributed by atoms with van der Waals surface area (Å²) in [6, 6.07) is 11.3. The van der Waals surface area contributed by atoms with Crippen molar-refractivity contribution in [2.45, 2.75) is 32.2 Å². The number of nitrogens with zero attached hydrogens (tertiary/aromatic N) is 1. The first-order valence-corrected chi connectivity index (χ1v) is 6.80. The number of hydrogen-bond donors (Lipinski definition) is 1. The minimum absolute atomic E-state index is 0.621. The van der Waals surface area contributed by atoms with Gasteiger partial charge in [-0.05, 0) is 56.8 Å². The van der Waals surface area contributed by atoms with Gasteiger partial charge in [0.1, 0.15) is 0 Å². The summed E-state index contributed by atoms with van der Waals surface area (Å²) in [5.41, 5.74) is 3.68. The third-order valence-corrected chi connectivity index (χ3v) is 3.93. The minimum Gasteiger partial charge on any atom is -0.316 e. The van der Waals surface area contributed by atoms with Crippen LogP contribution in [0.2, 0.25) is 0 Å². The third-order valence-electron chi connectivity index (χ3n) is 3.93. The van der Waals surface area contributed by atoms with E-state index < -0.39 is 0 Å². The van der Waals surface area contributed by atoms with E-state index in [0.29, 0.717) is 6.04 Å². The highest BCUT2D eigenvalue weighted by molar-refractivity contribution is 5.82. The van der Waals surface area contributed by atoms with Gasteiger partial charge in [0.15, 0.2) is 0 Å². The third kappa shape index (κ3) is 2.25. The van der Waals surface area contributed by atoms with Crippen molar-refractivity contribution in [1.29, 1.82) is 0 Å². The molecule has 1 N–H and O–H groups in total. The molecule has 1 aliphatic carbocycles. The second-order valence-electron chi connectivity index (χ2n) is 5.38. The molecule has 3 rings (SSSR count). The van der Waals surface area contributed by atoms with E-state index in [1.807, 2.05) is 0 Å². The number of benzene rings is 1. The van der Waals surface area contributed by atoms with E-state index in [2.05, 4.69) is 54.6 Å². The first kappa shape index (κ1) is 11.7. The van der Waals surface area contributed by atoms with Crippen LogP contribution < -0.4 is 5.32 Å². The molecular weight excluding hydrogens is 220 g/mol. The van der Waals surface area contributed by atoms with Crippen LogP contribution in [0, 0.1) is 12.8 Å². The Labute approximate surface area is 108 Å². The van der Waals surface area contributed by atoms with Gasteiger partial charge in [0.25, 0.3) is 0 Å². The Bertz CT molecular complexity index is 558. The van der Waals surface area contributed by atoms with Crippen LogP contribution in [-0.2, 0) is 6.42 Å². The van der Waals surface area contributed by atoms with Crippen LogP contribution in [0.4, 0.5) is 0 Å². The predicted octanol–water partition coefficient (Wildman–Crippen LogP) is 3.08. The summed E-state index contributed by atoms with van der Waals surface area (Å²) in [6.45, 7) is 2.08. The van der Waals surface area contributed by atoms with Crippen molar-refractivity contribution in [2.75, 3.05) is 7.05 Å². The van der Waals surface area contributed by atoms with Crippen LogP contribution in [0.3, 0.4) is 0 Å². The van der Waals surface area contributed by atoms with Gasteiger partial charge in [-0.25, -0.2) is 0 Å². The highest BCUT2D eigenvalue weighted by Gasteiger charge is 2.30. The number of rotatable bonds is 4. The number of likely N-dealkylation sites (N-methyl/N-ethyl adjacent to an activating group) is 1. The van der Waals surface area contributed by atoms with E-state index in [-0.39, 0.29) is 0 Å². The summed E-state index contributed by atoms with van der Waals surface area (Å²) in [6.07, 6.45) is 3.88. The molecule has 1 aromatic heterocycles. The van der Waals surface area contributed by atoms with E-state index in [0.717, 1.165) is 23.5 Å². The van der Waals surface area contributed by atoms with Crippen LogP contribution >= 0.6 is 0 Å². The molecule has 1 aliphatic rings. The Morgan fingerprint density at radius 1 is 1.33 bits per heavy atom. The SMILES string of the molecule is CNC(Cc1cc(C)nc2ccccc12)C1CC1. The zero-order chi connectivity index (χ0) is 12.5. The van der Waals surface area contributed by atoms with Gasteiger partial charge >= 0.3 is 0 Å². The number of fused-ring (bicyclic) bond motifs is 1. The molecule has 2 heteroatoms. The molecule has 0 bridgehead atoms. The minimum atomic E-state index is 0.621. The molecule has 1 fully saturated rings. The van der Waals surface area contributed by atoms with Crippen molar-refractivity contribution in [3.63, 3.8) is 0 Å². The molecule has 0 saturated heterocycles. The number of pyridine rings is 1. The zero-order valence-electron chi connectivity index (χ0n) is 11.1. The lowest BCUT2D eigenvalue weighted by atomic mass is 9.98. The summed E-state index contributed by atoms with van der Waals surface area (Å²) in [7, 11) is 2.08. The molecule has 1 saturated carbocycles. The fourth-order valence-corrected chi connectivity index (χ4v) is 2.80. The molecule has 1 heterocycles. The normalized spacial score (nSPS) is 17.0. The molecule has 2 nitrogen and oxygen atoms in total. The van der Waals surface area contributed by atoms with Crippen LogP contribution in [0.25, 0.3) is 10.9 Å². The second-order valence-corrected chi connectivity index (χ2v) is 5.38. The van der Waals surface area contributed by atoms with E-state index in [1.165, 1.54) is 23.8 Å². The monoisotopic (exact) mass is 240 g/mol. The lowest BCUT2D eigenvalue weighted by Gasteiger charge is -2.17. The molecular formula is C16H20N2. The summed E-state index contributed by atoms with van der Waals surface area (Å²) in [5.74, 6) is 0.877. The summed E-state index contributed by atoms with van der Waals surface area (Å²) in [5, 5.41) is 4.79. The van der Waals surface area contributed by atoms with Crippen LogP contribution in [-0.4, -0.2) is 18.1 Å². The fourth-order valence-electron chi connectivity index (χ4n) is 2.80. The largest absolute Gasteiger partial charge is 0.316 e. The number of hydrogen-bond acceptors (Lipinski definition) is 2. The van der Waals surface area contributed by atoms with Gasteiger partial charge in [0, 0.05) is 17.1 Å². The standard InChI is InChI=1S/C16H20N2/c1-11-9-13(10-16(17-2)12-7-8-12)14-5-3-4-6-15(14)18-11/h3-6,9,12,16-17H,7-8,10H2,1-2H3. The van der Waals surface area contributed by atoms with Crippen LogP contribution in [0.1, 0.15) is 24.1 Å². The maximum Gasteiger partial charge on any atom is 0.0707 e. The van der Waals surface area contributed by atoms with Crippen molar-refractivity contribution >= 4 is 10.9 Å². The van der Waals surface area contributed by atoms with Gasteiger partial charge in [-0.15, -0.1) is 0 Å². The summed E-state index contributed by atoms with van der Waals surface area (Å²) < 4.78 is 0. The Morgan fingerprint density at radius 3 is 2.83 bits per heavy atom. The van der Waals surface area contributed by atoms with E-state index in [1.54, 1.807) is 0 Å². The highest BCUT2D eigenvalue weighted by Crippen LogP contribution is 2.34. The second kappa shape index (κ2) is 4.69. The Balaban J connectivity index is 1.99. The highest BCUT2D eigenvalue weighted by atomic mass is 14.9. The van der Waals surface area contributed by atoms with E-state index in [9.17, 15) is 0 Å². The van der Waals surface area contributed by atoms with Crippen molar-refractivity contribution < 1.29 is 0 Å². The molecule has 18 heavy (non-hydrogen) atoms. The lowest BCUT2D eigenvalue weighted by molar-refractivity contribution is 0.501. The molecule has 94 valence electrons. The number of aryl methyl sites for hydroxylation is 1. The van der Waals surface area contributed by atoms with Gasteiger partial charge in [-0.1, -0.05) is 18.2 Å². The van der Waals surface area contributed by atoms with Crippen LogP contribution in [0.15, 0.2) is 30.3 Å². The van der Waals surface area contributed by atoms with Gasteiger partial charge in [0.2, 0.25) is 0 Å². The molecule has 1 unspecified atom stereocenters. The molecule has 0 aliphatic heterocycles. The molecule has 0 spiro atoms. The maximum absolute atomic E-state index is 4.61. The fraction of sp³-hybridized carbons (Fsp3) is 0.438. The number of aromatic nitrogens is 1. The first-order valence-electron chi connectivity index (χ1n) is 6.80. The number of para-hydroxylation sites is 1. The zero-order valence-corrected chi connectivity index (χ0v) is 11.1. The lowest BCUT2D eigenvalue weighted by Crippen LogP contribution is -2.29. The van der Waals surface area contributed by atoms with Gasteiger partial charge < -0.3 is 5.32 Å². The maximum atomic E-state index is 4.61. The number of nitrogens with one attached hydrogen (secondary N) is 1. The Kier molecular flexibility index (Phi) is 3.04. The van der Waals surface area contributed by atoms with E-state index >= 15 is 0 Å². The van der Waals surface area contributed by atoms with Gasteiger partial charge in [-0.3, -0.25) is 4.98 Å². The van der Waals surface area contributed by atoms with E-state index in [4.69, 9.17) is 0 Å². The first-order chi connectivity index (χ1) is 8.78. The van der Waals surface area contributed by atoms with Gasteiger partial charge in [0.05, 0.1) is 5.52 Å². The van der Waals surface area contributed by atoms with Crippen molar-refractivity contribution in [3.8, 4) is 0 Å². The summed E-state index contributed by atoms with van der Waals surface area (Å²) >= 11 is 0. The molecule has 1 atom stereocenters. The molecule has 0 amide bonds. The van der Waals surface area contributed by atoms with Crippen molar-refractivity contribution in [3.05, 3.63) is 41.6 Å². The van der Waals surface area contributed by atoms with Crippen molar-refractivity contribution in [2.24, 2.45) is 5.92 Å².